The van der Waals surface area contributed by atoms with Crippen LogP contribution < -0.4 is 10.6 Å². The molecule has 31 heavy (non-hydrogen) atoms. The van der Waals surface area contributed by atoms with Gasteiger partial charge in [0.25, 0.3) is 0 Å². The first-order valence-corrected chi connectivity index (χ1v) is 11.2. The number of anilines is 1. The van der Waals surface area contributed by atoms with Crippen LogP contribution in [0.25, 0.3) is 0 Å². The molecule has 0 heterocycles. The first-order chi connectivity index (χ1) is 14.9. The van der Waals surface area contributed by atoms with Crippen molar-refractivity contribution in [2.24, 2.45) is 23.2 Å². The van der Waals surface area contributed by atoms with Gasteiger partial charge in [-0.3, -0.25) is 19.2 Å². The van der Waals surface area contributed by atoms with E-state index in [0.717, 1.165) is 19.3 Å². The zero-order chi connectivity index (χ0) is 22.0. The van der Waals surface area contributed by atoms with Crippen LogP contribution in [-0.2, 0) is 19.1 Å². The third-order valence-electron chi connectivity index (χ3n) is 7.09. The van der Waals surface area contributed by atoms with Crippen LogP contribution in [-0.4, -0.2) is 36.7 Å². The number of carbonyl (C=O) groups excluding carboxylic acids is 4. The number of Topliss-reactive ketones (excluding diaryl/α,β-unsaturated/α-hetero) is 1. The molecule has 0 spiro atoms. The van der Waals surface area contributed by atoms with Crippen molar-refractivity contribution < 1.29 is 23.9 Å². The van der Waals surface area contributed by atoms with Crippen molar-refractivity contribution in [2.75, 3.05) is 18.5 Å². The summed E-state index contributed by atoms with van der Waals surface area (Å²) in [6.45, 7) is 1.16. The molecule has 4 aliphatic carbocycles. The van der Waals surface area contributed by atoms with Gasteiger partial charge in [0.15, 0.2) is 12.4 Å². The molecule has 4 aliphatic rings. The molecule has 2 N–H and O–H groups in total. The van der Waals surface area contributed by atoms with Gasteiger partial charge in [0.1, 0.15) is 6.54 Å². The van der Waals surface area contributed by atoms with Crippen molar-refractivity contribution in [3.63, 3.8) is 0 Å². The molecule has 0 aliphatic heterocycles. The zero-order valence-corrected chi connectivity index (χ0v) is 17.9. The molecule has 1 aromatic rings. The molecule has 0 saturated heterocycles. The number of amides is 2. The van der Waals surface area contributed by atoms with Crippen LogP contribution in [0.4, 0.5) is 5.69 Å². The Balaban J connectivity index is 1.22. The number of ketones is 1. The Bertz CT molecular complexity index is 841. The third kappa shape index (κ3) is 4.81. The fourth-order valence-electron chi connectivity index (χ4n) is 6.00. The smallest absolute Gasteiger partial charge is 0.325 e. The van der Waals surface area contributed by atoms with Crippen LogP contribution in [0.3, 0.4) is 0 Å². The van der Waals surface area contributed by atoms with Gasteiger partial charge >= 0.3 is 5.97 Å². The van der Waals surface area contributed by atoms with Crippen molar-refractivity contribution >= 4 is 29.3 Å². The average molecular weight is 427 g/mol. The van der Waals surface area contributed by atoms with Crippen LogP contribution in [0, 0.1) is 23.2 Å². The fourth-order valence-corrected chi connectivity index (χ4v) is 6.00. The lowest BCUT2D eigenvalue weighted by atomic mass is 9.49. The highest BCUT2D eigenvalue weighted by molar-refractivity contribution is 5.99. The van der Waals surface area contributed by atoms with Crippen LogP contribution in [0.1, 0.15) is 62.2 Å². The van der Waals surface area contributed by atoms with Crippen LogP contribution in [0.2, 0.25) is 0 Å². The van der Waals surface area contributed by atoms with E-state index in [1.165, 1.54) is 19.3 Å². The summed E-state index contributed by atoms with van der Waals surface area (Å²) < 4.78 is 5.07. The molecular weight excluding hydrogens is 396 g/mol. The normalized spacial score (nSPS) is 28.1. The van der Waals surface area contributed by atoms with E-state index in [0.29, 0.717) is 35.4 Å². The molecule has 5 rings (SSSR count). The second-order valence-electron chi connectivity index (χ2n) is 9.44. The van der Waals surface area contributed by atoms with Crippen molar-refractivity contribution in [2.45, 2.75) is 51.9 Å². The molecule has 2 amide bonds. The Hall–Kier alpha value is -2.70. The molecule has 0 aromatic heterocycles. The molecule has 7 nitrogen and oxygen atoms in total. The zero-order valence-electron chi connectivity index (χ0n) is 17.9. The largest absolute Gasteiger partial charge is 0.456 e. The van der Waals surface area contributed by atoms with Gasteiger partial charge in [-0.25, -0.2) is 0 Å². The Labute approximate surface area is 182 Å². The summed E-state index contributed by atoms with van der Waals surface area (Å²) in [5, 5.41) is 5.48. The molecule has 4 saturated carbocycles. The summed E-state index contributed by atoms with van der Waals surface area (Å²) in [5.41, 5.74) is 0.687. The highest BCUT2D eigenvalue weighted by atomic mass is 16.5. The van der Waals surface area contributed by atoms with Crippen LogP contribution in [0.5, 0.6) is 0 Å². The number of hydrogen-bond donors (Lipinski definition) is 2. The minimum atomic E-state index is -0.613. The number of hydrogen-bond acceptors (Lipinski definition) is 5. The van der Waals surface area contributed by atoms with Crippen molar-refractivity contribution in [1.29, 1.82) is 0 Å². The lowest BCUT2D eigenvalue weighted by Gasteiger charge is -2.55. The van der Waals surface area contributed by atoms with Gasteiger partial charge < -0.3 is 15.4 Å². The number of esters is 1. The summed E-state index contributed by atoms with van der Waals surface area (Å²) in [4.78, 5) is 48.6. The SMILES string of the molecule is CCC(=O)Nc1ccc(C(=O)COC(=O)CNC(=O)C23CC4CC(CC(C4)C2)C3)cc1. The Morgan fingerprint density at radius 3 is 2.10 bits per heavy atom. The fraction of sp³-hybridized carbons (Fsp3) is 0.583. The predicted octanol–water partition coefficient (Wildman–Crippen LogP) is 3.09. The molecule has 0 radical (unpaired) electrons. The summed E-state index contributed by atoms with van der Waals surface area (Å²) in [5.74, 6) is 0.880. The molecule has 1 aromatic carbocycles. The molecule has 0 unspecified atom stereocenters. The number of carbonyl (C=O) groups is 4. The maximum atomic E-state index is 12.9. The summed E-state index contributed by atoms with van der Waals surface area (Å²) in [7, 11) is 0. The summed E-state index contributed by atoms with van der Waals surface area (Å²) >= 11 is 0. The van der Waals surface area contributed by atoms with Crippen molar-refractivity contribution in [1.82, 2.24) is 5.32 Å². The minimum absolute atomic E-state index is 0.0282. The van der Waals surface area contributed by atoms with E-state index in [-0.39, 0.29) is 36.2 Å². The van der Waals surface area contributed by atoms with E-state index < -0.39 is 5.97 Å². The number of ether oxygens (including phenoxy) is 1. The molecular formula is C24H30N2O5. The molecule has 166 valence electrons. The second-order valence-corrected chi connectivity index (χ2v) is 9.44. The lowest BCUT2D eigenvalue weighted by Crippen LogP contribution is -2.54. The van der Waals surface area contributed by atoms with E-state index in [9.17, 15) is 19.2 Å². The van der Waals surface area contributed by atoms with E-state index in [4.69, 9.17) is 4.74 Å². The standard InChI is InChI=1S/C24H30N2O5/c1-2-21(28)26-19-5-3-18(4-6-19)20(27)14-31-22(29)13-25-23(30)24-10-15-7-16(11-24)9-17(8-15)12-24/h3-6,15-17H,2,7-14H2,1H3,(H,25,30)(H,26,28). The van der Waals surface area contributed by atoms with Gasteiger partial charge in [0, 0.05) is 23.1 Å². The Morgan fingerprint density at radius 1 is 0.968 bits per heavy atom. The maximum Gasteiger partial charge on any atom is 0.325 e. The quantitative estimate of drug-likeness (QED) is 0.491. The average Bonchev–Trinajstić information content (AvgIpc) is 2.75. The minimum Gasteiger partial charge on any atom is -0.456 e. The van der Waals surface area contributed by atoms with Gasteiger partial charge in [0.2, 0.25) is 11.8 Å². The van der Waals surface area contributed by atoms with Gasteiger partial charge in [-0.2, -0.15) is 0 Å². The van der Waals surface area contributed by atoms with E-state index in [1.54, 1.807) is 31.2 Å². The number of benzene rings is 1. The molecule has 4 bridgehead atoms. The number of rotatable bonds is 8. The monoisotopic (exact) mass is 426 g/mol. The van der Waals surface area contributed by atoms with E-state index >= 15 is 0 Å². The predicted molar refractivity (Wildman–Crippen MR) is 114 cm³/mol. The maximum absolute atomic E-state index is 12.9. The lowest BCUT2D eigenvalue weighted by molar-refractivity contribution is -0.150. The first kappa shape index (κ1) is 21.5. The second kappa shape index (κ2) is 8.81. The summed E-state index contributed by atoms with van der Waals surface area (Å²) in [6.07, 6.45) is 6.94. The van der Waals surface area contributed by atoms with Gasteiger partial charge in [0.05, 0.1) is 0 Å². The third-order valence-corrected chi connectivity index (χ3v) is 7.09. The van der Waals surface area contributed by atoms with Gasteiger partial charge in [-0.15, -0.1) is 0 Å². The van der Waals surface area contributed by atoms with Crippen molar-refractivity contribution in [3.8, 4) is 0 Å². The summed E-state index contributed by atoms with van der Waals surface area (Å²) in [6, 6.07) is 6.43. The van der Waals surface area contributed by atoms with Crippen LogP contribution >= 0.6 is 0 Å². The molecule has 0 atom stereocenters. The van der Waals surface area contributed by atoms with E-state index in [1.807, 2.05) is 0 Å². The van der Waals surface area contributed by atoms with Crippen LogP contribution in [0.15, 0.2) is 24.3 Å². The van der Waals surface area contributed by atoms with Crippen molar-refractivity contribution in [3.05, 3.63) is 29.8 Å². The van der Waals surface area contributed by atoms with Gasteiger partial charge in [-0.1, -0.05) is 6.92 Å². The Kier molecular flexibility index (Phi) is 6.12. The highest BCUT2D eigenvalue weighted by Gasteiger charge is 2.54. The van der Waals surface area contributed by atoms with Gasteiger partial charge in [-0.05, 0) is 80.5 Å². The van der Waals surface area contributed by atoms with E-state index in [2.05, 4.69) is 10.6 Å². The molecule has 7 heteroatoms. The first-order valence-electron chi connectivity index (χ1n) is 11.2. The Morgan fingerprint density at radius 2 is 1.55 bits per heavy atom. The number of nitrogens with one attached hydrogen (secondary N) is 2. The highest BCUT2D eigenvalue weighted by Crippen LogP contribution is 2.60. The topological polar surface area (TPSA) is 102 Å². The molecule has 4 fully saturated rings.